The van der Waals surface area contributed by atoms with Gasteiger partial charge in [-0.25, -0.2) is 0 Å². The Kier molecular flexibility index (Phi) is 3.91. The molecule has 1 aromatic heterocycles. The van der Waals surface area contributed by atoms with Crippen LogP contribution in [0.3, 0.4) is 0 Å². The minimum absolute atomic E-state index is 0.0148. The van der Waals surface area contributed by atoms with Gasteiger partial charge in [0.25, 0.3) is 5.91 Å². The molecule has 1 aromatic carbocycles. The van der Waals surface area contributed by atoms with E-state index in [0.29, 0.717) is 12.2 Å². The first-order chi connectivity index (χ1) is 13.2. The third-order valence-corrected chi connectivity index (χ3v) is 6.04. The molecule has 1 atom stereocenters. The number of ether oxygens (including phenoxy) is 1. The second kappa shape index (κ2) is 6.32. The van der Waals surface area contributed by atoms with E-state index < -0.39 is 5.66 Å². The highest BCUT2D eigenvalue weighted by molar-refractivity contribution is 6.02. The highest BCUT2D eigenvalue weighted by atomic mass is 16.5. The van der Waals surface area contributed by atoms with E-state index in [4.69, 9.17) is 4.74 Å². The number of piperidine rings is 1. The summed E-state index contributed by atoms with van der Waals surface area (Å²) in [5.74, 6) is -0.0148. The summed E-state index contributed by atoms with van der Waals surface area (Å²) in [4.78, 5) is 19.2. The van der Waals surface area contributed by atoms with E-state index in [2.05, 4.69) is 26.6 Å². The Labute approximate surface area is 158 Å². The van der Waals surface area contributed by atoms with Crippen molar-refractivity contribution in [2.24, 2.45) is 0 Å². The van der Waals surface area contributed by atoms with Crippen LogP contribution in [0.1, 0.15) is 35.2 Å². The summed E-state index contributed by atoms with van der Waals surface area (Å²) in [6, 6.07) is 11.8. The molecule has 27 heavy (non-hydrogen) atoms. The standard InChI is InChI=1S/C21H24N4O2/c26-19-17-5-1-2-6-18(17)23-21(24-19)14-20(27-15-21)7-10-25(11-8-20)13-16-4-3-9-22-12-16/h1-6,9,12,23H,7-8,10-11,13-15H2,(H,24,26)/t21-/m1/s1. The summed E-state index contributed by atoms with van der Waals surface area (Å²) in [5.41, 5.74) is 2.20. The number of carbonyl (C=O) groups excluding carboxylic acids is 1. The molecule has 2 N–H and O–H groups in total. The Morgan fingerprint density at radius 1 is 1.11 bits per heavy atom. The van der Waals surface area contributed by atoms with Crippen LogP contribution >= 0.6 is 0 Å². The number of aromatic nitrogens is 1. The van der Waals surface area contributed by atoms with Crippen LogP contribution in [0.25, 0.3) is 0 Å². The fraction of sp³-hybridized carbons (Fsp3) is 0.429. The van der Waals surface area contributed by atoms with Crippen LogP contribution in [0.15, 0.2) is 48.8 Å². The molecule has 0 saturated carbocycles. The summed E-state index contributed by atoms with van der Waals surface area (Å²) in [7, 11) is 0. The van der Waals surface area contributed by atoms with Crippen LogP contribution < -0.4 is 10.6 Å². The predicted octanol–water partition coefficient (Wildman–Crippen LogP) is 2.39. The van der Waals surface area contributed by atoms with Gasteiger partial charge in [0.05, 0.1) is 17.8 Å². The minimum Gasteiger partial charge on any atom is -0.370 e. The molecule has 2 saturated heterocycles. The Bertz CT molecular complexity index is 848. The topological polar surface area (TPSA) is 66.5 Å². The van der Waals surface area contributed by atoms with Crippen molar-refractivity contribution in [1.82, 2.24) is 15.2 Å². The number of hydrogen-bond donors (Lipinski definition) is 2. The smallest absolute Gasteiger partial charge is 0.255 e. The molecule has 4 heterocycles. The lowest BCUT2D eigenvalue weighted by atomic mass is 9.84. The summed E-state index contributed by atoms with van der Waals surface area (Å²) in [5, 5.41) is 6.72. The molecule has 140 valence electrons. The van der Waals surface area contributed by atoms with E-state index in [1.54, 1.807) is 0 Å². The molecule has 3 aliphatic rings. The maximum Gasteiger partial charge on any atom is 0.255 e. The summed E-state index contributed by atoms with van der Waals surface area (Å²) in [6.45, 7) is 3.43. The molecular formula is C21H24N4O2. The Morgan fingerprint density at radius 3 is 2.78 bits per heavy atom. The highest BCUT2D eigenvalue weighted by Gasteiger charge is 2.53. The van der Waals surface area contributed by atoms with Gasteiger partial charge in [0.15, 0.2) is 0 Å². The maximum atomic E-state index is 12.6. The average Bonchev–Trinajstić information content (AvgIpc) is 3.02. The number of fused-ring (bicyclic) bond motifs is 1. The molecular weight excluding hydrogens is 340 g/mol. The van der Waals surface area contributed by atoms with E-state index in [1.165, 1.54) is 5.56 Å². The van der Waals surface area contributed by atoms with Crippen LogP contribution in [-0.4, -0.2) is 46.8 Å². The van der Waals surface area contributed by atoms with Gasteiger partial charge in [0, 0.05) is 44.1 Å². The van der Waals surface area contributed by atoms with E-state index in [1.807, 2.05) is 42.7 Å². The fourth-order valence-corrected chi connectivity index (χ4v) is 4.64. The number of rotatable bonds is 2. The molecule has 2 aromatic rings. The third-order valence-electron chi connectivity index (χ3n) is 6.04. The Morgan fingerprint density at radius 2 is 1.96 bits per heavy atom. The highest BCUT2D eigenvalue weighted by Crippen LogP contribution is 2.42. The van der Waals surface area contributed by atoms with Gasteiger partial charge in [0.1, 0.15) is 5.66 Å². The van der Waals surface area contributed by atoms with E-state index >= 15 is 0 Å². The van der Waals surface area contributed by atoms with Gasteiger partial charge in [-0.05, 0) is 36.6 Å². The van der Waals surface area contributed by atoms with Crippen LogP contribution in [0.5, 0.6) is 0 Å². The molecule has 0 radical (unpaired) electrons. The van der Waals surface area contributed by atoms with Crippen molar-refractivity contribution in [3.63, 3.8) is 0 Å². The second-order valence-electron chi connectivity index (χ2n) is 7.99. The quantitative estimate of drug-likeness (QED) is 0.857. The molecule has 2 spiro atoms. The van der Waals surface area contributed by atoms with Gasteiger partial charge in [-0.15, -0.1) is 0 Å². The number of amides is 1. The molecule has 5 rings (SSSR count). The van der Waals surface area contributed by atoms with E-state index in [-0.39, 0.29) is 11.5 Å². The van der Waals surface area contributed by atoms with Gasteiger partial charge in [-0.1, -0.05) is 18.2 Å². The van der Waals surface area contributed by atoms with Gasteiger partial charge in [0.2, 0.25) is 0 Å². The van der Waals surface area contributed by atoms with Crippen molar-refractivity contribution < 1.29 is 9.53 Å². The molecule has 0 bridgehead atoms. The maximum absolute atomic E-state index is 12.6. The van der Waals surface area contributed by atoms with Gasteiger partial charge in [-0.2, -0.15) is 0 Å². The van der Waals surface area contributed by atoms with Crippen molar-refractivity contribution in [2.45, 2.75) is 37.1 Å². The summed E-state index contributed by atoms with van der Waals surface area (Å²) >= 11 is 0. The number of likely N-dealkylation sites (tertiary alicyclic amines) is 1. The van der Waals surface area contributed by atoms with Gasteiger partial charge in [-0.3, -0.25) is 14.7 Å². The molecule has 1 amide bonds. The molecule has 0 unspecified atom stereocenters. The Balaban J connectivity index is 1.26. The first-order valence-corrected chi connectivity index (χ1v) is 9.60. The number of hydrogen-bond acceptors (Lipinski definition) is 5. The number of benzene rings is 1. The molecule has 6 heteroatoms. The zero-order valence-corrected chi connectivity index (χ0v) is 15.3. The zero-order valence-electron chi connectivity index (χ0n) is 15.3. The average molecular weight is 364 g/mol. The minimum atomic E-state index is -0.489. The number of nitrogens with zero attached hydrogens (tertiary/aromatic N) is 2. The lowest BCUT2D eigenvalue weighted by Gasteiger charge is -2.41. The van der Waals surface area contributed by atoms with Crippen LogP contribution in [0, 0.1) is 0 Å². The van der Waals surface area contributed by atoms with Gasteiger partial charge >= 0.3 is 0 Å². The third kappa shape index (κ3) is 3.09. The van der Waals surface area contributed by atoms with Crippen molar-refractivity contribution in [2.75, 3.05) is 25.0 Å². The zero-order chi connectivity index (χ0) is 18.3. The number of nitrogens with one attached hydrogen (secondary N) is 2. The van der Waals surface area contributed by atoms with Crippen molar-refractivity contribution in [3.8, 4) is 0 Å². The monoisotopic (exact) mass is 364 g/mol. The van der Waals surface area contributed by atoms with E-state index in [9.17, 15) is 4.79 Å². The van der Waals surface area contributed by atoms with Crippen LogP contribution in [0.4, 0.5) is 5.69 Å². The van der Waals surface area contributed by atoms with E-state index in [0.717, 1.165) is 44.6 Å². The SMILES string of the molecule is O=C1N[C@]2(COC3(CCN(Cc4cccnc4)CC3)C2)Nc2ccccc21. The largest absolute Gasteiger partial charge is 0.370 e. The van der Waals surface area contributed by atoms with Crippen LogP contribution in [-0.2, 0) is 11.3 Å². The second-order valence-corrected chi connectivity index (χ2v) is 7.99. The number of para-hydroxylation sites is 1. The molecule has 6 nitrogen and oxygen atoms in total. The summed E-state index contributed by atoms with van der Waals surface area (Å²) < 4.78 is 6.32. The molecule has 3 aliphatic heterocycles. The summed E-state index contributed by atoms with van der Waals surface area (Å²) in [6.07, 6.45) is 6.51. The Hall–Kier alpha value is -2.44. The first kappa shape index (κ1) is 16.7. The molecule has 0 aliphatic carbocycles. The normalized spacial score (nSPS) is 26.6. The lowest BCUT2D eigenvalue weighted by molar-refractivity contribution is -0.0452. The number of anilines is 1. The van der Waals surface area contributed by atoms with Gasteiger partial charge < -0.3 is 15.4 Å². The number of pyridine rings is 1. The fourth-order valence-electron chi connectivity index (χ4n) is 4.64. The van der Waals surface area contributed by atoms with Crippen LogP contribution in [0.2, 0.25) is 0 Å². The van der Waals surface area contributed by atoms with Crippen molar-refractivity contribution >= 4 is 11.6 Å². The van der Waals surface area contributed by atoms with Crippen molar-refractivity contribution in [3.05, 3.63) is 59.9 Å². The van der Waals surface area contributed by atoms with Crippen molar-refractivity contribution in [1.29, 1.82) is 0 Å². The molecule has 2 fully saturated rings. The predicted molar refractivity (Wildman–Crippen MR) is 102 cm³/mol. The number of carbonyl (C=O) groups is 1. The first-order valence-electron chi connectivity index (χ1n) is 9.60. The lowest BCUT2D eigenvalue weighted by Crippen LogP contribution is -2.59.